The first-order valence-electron chi connectivity index (χ1n) is 7.92. The molecule has 0 saturated carbocycles. The maximum absolute atomic E-state index is 13.0. The van der Waals surface area contributed by atoms with E-state index in [1.54, 1.807) is 17.0 Å². The van der Waals surface area contributed by atoms with Crippen LogP contribution in [0.5, 0.6) is 0 Å². The molecule has 4 nitrogen and oxygen atoms in total. The van der Waals surface area contributed by atoms with Crippen LogP contribution in [0.3, 0.4) is 0 Å². The average molecular weight is 326 g/mol. The molecule has 2 aromatic carbocycles. The van der Waals surface area contributed by atoms with E-state index in [0.29, 0.717) is 18.7 Å². The van der Waals surface area contributed by atoms with Crippen molar-refractivity contribution in [3.63, 3.8) is 0 Å². The van der Waals surface area contributed by atoms with Gasteiger partial charge in [-0.05, 0) is 36.8 Å². The van der Waals surface area contributed by atoms with Gasteiger partial charge < -0.3 is 10.2 Å². The summed E-state index contributed by atoms with van der Waals surface area (Å²) in [6.45, 7) is 2.39. The predicted octanol–water partition coefficient (Wildman–Crippen LogP) is 2.60. The van der Waals surface area contributed by atoms with Gasteiger partial charge in [-0.1, -0.05) is 29.8 Å². The van der Waals surface area contributed by atoms with Crippen molar-refractivity contribution in [1.82, 2.24) is 5.32 Å². The van der Waals surface area contributed by atoms with Gasteiger partial charge in [-0.15, -0.1) is 0 Å². The number of aryl methyl sites for hydroxylation is 1. The van der Waals surface area contributed by atoms with Crippen molar-refractivity contribution in [2.24, 2.45) is 0 Å². The fraction of sp³-hybridized carbons (Fsp3) is 0.263. The molecule has 1 atom stereocenters. The molecule has 24 heavy (non-hydrogen) atoms. The largest absolute Gasteiger partial charge is 0.351 e. The third-order valence-electron chi connectivity index (χ3n) is 4.08. The van der Waals surface area contributed by atoms with Gasteiger partial charge in [0.2, 0.25) is 11.8 Å². The van der Waals surface area contributed by atoms with E-state index >= 15 is 0 Å². The molecule has 1 aliphatic rings. The first-order chi connectivity index (χ1) is 11.5. The van der Waals surface area contributed by atoms with Crippen molar-refractivity contribution in [3.05, 3.63) is 65.5 Å². The molecular formula is C19H19FN2O2. The third kappa shape index (κ3) is 3.79. The van der Waals surface area contributed by atoms with Crippen LogP contribution in [0.2, 0.25) is 0 Å². The first-order valence-corrected chi connectivity index (χ1v) is 7.92. The molecule has 1 heterocycles. The lowest BCUT2D eigenvalue weighted by Crippen LogP contribution is -2.38. The van der Waals surface area contributed by atoms with Crippen LogP contribution in [0.15, 0.2) is 48.5 Å². The zero-order chi connectivity index (χ0) is 17.1. The zero-order valence-corrected chi connectivity index (χ0v) is 13.5. The number of benzene rings is 2. The van der Waals surface area contributed by atoms with Crippen LogP contribution in [-0.2, 0) is 16.0 Å². The van der Waals surface area contributed by atoms with Crippen LogP contribution in [0.1, 0.15) is 17.5 Å². The summed E-state index contributed by atoms with van der Waals surface area (Å²) in [5.41, 5.74) is 2.71. The molecule has 124 valence electrons. The molecule has 1 saturated heterocycles. The number of rotatable bonds is 4. The number of carbonyl (C=O) groups excluding carboxylic acids is 2. The zero-order valence-electron chi connectivity index (χ0n) is 13.5. The van der Waals surface area contributed by atoms with Crippen LogP contribution < -0.4 is 10.2 Å². The van der Waals surface area contributed by atoms with E-state index in [2.05, 4.69) is 5.32 Å². The summed E-state index contributed by atoms with van der Waals surface area (Å²) in [7, 11) is 0. The van der Waals surface area contributed by atoms with Crippen LogP contribution >= 0.6 is 0 Å². The molecule has 2 amide bonds. The maximum Gasteiger partial charge on any atom is 0.229 e. The van der Waals surface area contributed by atoms with Crippen molar-refractivity contribution >= 4 is 17.5 Å². The molecule has 1 aliphatic heterocycles. The normalized spacial score (nSPS) is 17.2. The minimum Gasteiger partial charge on any atom is -0.351 e. The van der Waals surface area contributed by atoms with Crippen LogP contribution in [-0.4, -0.2) is 24.4 Å². The van der Waals surface area contributed by atoms with Crippen LogP contribution in [0, 0.1) is 12.7 Å². The smallest absolute Gasteiger partial charge is 0.229 e. The van der Waals surface area contributed by atoms with Gasteiger partial charge in [0.25, 0.3) is 0 Å². The molecule has 1 unspecified atom stereocenters. The van der Waals surface area contributed by atoms with Gasteiger partial charge in [0.15, 0.2) is 0 Å². The standard InChI is InChI=1S/C19H19FN2O2/c1-13-3-2-4-14(9-13)10-18(23)21-16-11-19(24)22(12-16)17-7-5-15(20)6-8-17/h2-9,16H,10-12H2,1H3,(H,21,23). The average Bonchev–Trinajstić information content (AvgIpc) is 2.88. The molecular weight excluding hydrogens is 307 g/mol. The van der Waals surface area contributed by atoms with Gasteiger partial charge in [-0.25, -0.2) is 4.39 Å². The van der Waals surface area contributed by atoms with Crippen molar-refractivity contribution in [1.29, 1.82) is 0 Å². The predicted molar refractivity (Wildman–Crippen MR) is 90.2 cm³/mol. The number of halogens is 1. The summed E-state index contributed by atoms with van der Waals surface area (Å²) in [5, 5.41) is 2.91. The summed E-state index contributed by atoms with van der Waals surface area (Å²) in [6, 6.07) is 13.4. The van der Waals surface area contributed by atoms with E-state index in [1.165, 1.54) is 12.1 Å². The molecule has 3 rings (SSSR count). The summed E-state index contributed by atoms with van der Waals surface area (Å²) in [4.78, 5) is 25.9. The number of nitrogens with one attached hydrogen (secondary N) is 1. The van der Waals surface area contributed by atoms with Crippen molar-refractivity contribution in [2.45, 2.75) is 25.8 Å². The van der Waals surface area contributed by atoms with Gasteiger partial charge in [0, 0.05) is 18.7 Å². The number of hydrogen-bond acceptors (Lipinski definition) is 2. The van der Waals surface area contributed by atoms with E-state index in [9.17, 15) is 14.0 Å². The van der Waals surface area contributed by atoms with E-state index < -0.39 is 0 Å². The van der Waals surface area contributed by atoms with Gasteiger partial charge in [-0.3, -0.25) is 9.59 Å². The lowest BCUT2D eigenvalue weighted by atomic mass is 10.1. The molecule has 0 aliphatic carbocycles. The number of nitrogens with zero attached hydrogens (tertiary/aromatic N) is 1. The molecule has 0 spiro atoms. The summed E-state index contributed by atoms with van der Waals surface area (Å²) < 4.78 is 13.0. The minimum atomic E-state index is -0.339. The lowest BCUT2D eigenvalue weighted by Gasteiger charge is -2.17. The quantitative estimate of drug-likeness (QED) is 0.939. The summed E-state index contributed by atoms with van der Waals surface area (Å²) in [6.07, 6.45) is 0.555. The highest BCUT2D eigenvalue weighted by molar-refractivity contribution is 5.96. The second-order valence-corrected chi connectivity index (χ2v) is 6.12. The Kier molecular flexibility index (Phi) is 4.60. The van der Waals surface area contributed by atoms with E-state index in [4.69, 9.17) is 0 Å². The summed E-state index contributed by atoms with van der Waals surface area (Å²) >= 11 is 0. The molecule has 1 N–H and O–H groups in total. The Hall–Kier alpha value is -2.69. The minimum absolute atomic E-state index is 0.0672. The highest BCUT2D eigenvalue weighted by Crippen LogP contribution is 2.21. The Labute approximate surface area is 140 Å². The van der Waals surface area contributed by atoms with Crippen LogP contribution in [0.25, 0.3) is 0 Å². The van der Waals surface area contributed by atoms with E-state index in [0.717, 1.165) is 11.1 Å². The molecule has 0 radical (unpaired) electrons. The lowest BCUT2D eigenvalue weighted by molar-refractivity contribution is -0.121. The van der Waals surface area contributed by atoms with E-state index in [-0.39, 0.29) is 30.1 Å². The second kappa shape index (κ2) is 6.83. The topological polar surface area (TPSA) is 49.4 Å². The van der Waals surface area contributed by atoms with Crippen molar-refractivity contribution < 1.29 is 14.0 Å². The Balaban J connectivity index is 1.59. The molecule has 2 aromatic rings. The van der Waals surface area contributed by atoms with Crippen molar-refractivity contribution in [2.75, 3.05) is 11.4 Å². The fourth-order valence-corrected chi connectivity index (χ4v) is 2.96. The fourth-order valence-electron chi connectivity index (χ4n) is 2.96. The maximum atomic E-state index is 13.0. The Morgan fingerprint density at radius 2 is 2.00 bits per heavy atom. The van der Waals surface area contributed by atoms with E-state index in [1.807, 2.05) is 31.2 Å². The SMILES string of the molecule is Cc1cccc(CC(=O)NC2CC(=O)N(c3ccc(F)cc3)C2)c1. The number of carbonyl (C=O) groups is 2. The number of hydrogen-bond donors (Lipinski definition) is 1. The van der Waals surface area contributed by atoms with Crippen molar-refractivity contribution in [3.8, 4) is 0 Å². The molecule has 1 fully saturated rings. The van der Waals surface area contributed by atoms with Gasteiger partial charge in [0.05, 0.1) is 12.5 Å². The third-order valence-corrected chi connectivity index (χ3v) is 4.08. The second-order valence-electron chi connectivity index (χ2n) is 6.12. The molecule has 5 heteroatoms. The van der Waals surface area contributed by atoms with Crippen LogP contribution in [0.4, 0.5) is 10.1 Å². The Morgan fingerprint density at radius 3 is 2.71 bits per heavy atom. The Morgan fingerprint density at radius 1 is 1.25 bits per heavy atom. The number of anilines is 1. The van der Waals surface area contributed by atoms with Gasteiger partial charge in [-0.2, -0.15) is 0 Å². The monoisotopic (exact) mass is 326 g/mol. The first kappa shape index (κ1) is 16.2. The van der Waals surface area contributed by atoms with Gasteiger partial charge in [0.1, 0.15) is 5.82 Å². The van der Waals surface area contributed by atoms with Gasteiger partial charge >= 0.3 is 0 Å². The Bertz CT molecular complexity index is 758. The number of amides is 2. The highest BCUT2D eigenvalue weighted by Gasteiger charge is 2.31. The highest BCUT2D eigenvalue weighted by atomic mass is 19.1. The summed E-state index contributed by atoms with van der Waals surface area (Å²) in [5.74, 6) is -0.504. The molecule has 0 bridgehead atoms. The molecule has 0 aromatic heterocycles.